The molecule has 2 amide bonds. The van der Waals surface area contributed by atoms with Crippen LogP contribution in [0.3, 0.4) is 0 Å². The fourth-order valence-corrected chi connectivity index (χ4v) is 5.93. The highest BCUT2D eigenvalue weighted by molar-refractivity contribution is 7.92. The Hall–Kier alpha value is -2.98. The molecule has 12 heteroatoms. The van der Waals surface area contributed by atoms with E-state index < -0.39 is 28.5 Å². The molecule has 8 nitrogen and oxygen atoms in total. The van der Waals surface area contributed by atoms with E-state index >= 15 is 0 Å². The Morgan fingerprint density at radius 1 is 0.902 bits per heavy atom. The van der Waals surface area contributed by atoms with Crippen LogP contribution in [0.25, 0.3) is 0 Å². The van der Waals surface area contributed by atoms with Crippen molar-refractivity contribution in [1.29, 1.82) is 0 Å². The minimum atomic E-state index is -4.22. The predicted molar refractivity (Wildman–Crippen MR) is 163 cm³/mol. The van der Waals surface area contributed by atoms with Gasteiger partial charge in [-0.05, 0) is 60.9 Å². The number of anilines is 1. The van der Waals surface area contributed by atoms with Crippen LogP contribution in [0.2, 0.25) is 15.1 Å². The summed E-state index contributed by atoms with van der Waals surface area (Å²) in [7, 11) is -2.78. The second-order valence-electron chi connectivity index (χ2n) is 9.73. The van der Waals surface area contributed by atoms with Crippen molar-refractivity contribution in [1.82, 2.24) is 10.2 Å². The van der Waals surface area contributed by atoms with Crippen molar-refractivity contribution in [2.45, 2.75) is 38.3 Å². The molecule has 0 fully saturated rings. The average molecular weight is 641 g/mol. The normalized spacial score (nSPS) is 12.1. The van der Waals surface area contributed by atoms with E-state index in [9.17, 15) is 18.0 Å². The van der Waals surface area contributed by atoms with E-state index in [-0.39, 0.29) is 39.0 Å². The van der Waals surface area contributed by atoms with Gasteiger partial charge in [0.2, 0.25) is 11.8 Å². The van der Waals surface area contributed by atoms with Crippen molar-refractivity contribution >= 4 is 62.3 Å². The molecule has 3 rings (SSSR count). The molecule has 0 aliphatic rings. The maximum Gasteiger partial charge on any atom is 0.264 e. The summed E-state index contributed by atoms with van der Waals surface area (Å²) in [5, 5.41) is 3.64. The van der Waals surface area contributed by atoms with Gasteiger partial charge in [-0.25, -0.2) is 8.42 Å². The number of carbonyl (C=O) groups is 2. The molecule has 41 heavy (non-hydrogen) atoms. The molecular weight excluding hydrogens is 609 g/mol. The van der Waals surface area contributed by atoms with Gasteiger partial charge in [-0.3, -0.25) is 13.9 Å². The van der Waals surface area contributed by atoms with E-state index in [4.69, 9.17) is 39.5 Å². The van der Waals surface area contributed by atoms with Gasteiger partial charge in [-0.1, -0.05) is 72.9 Å². The number of sulfonamides is 1. The summed E-state index contributed by atoms with van der Waals surface area (Å²) in [5.74, 6) is -0.459. The number of hydrogen-bond donors (Lipinski definition) is 1. The lowest BCUT2D eigenvalue weighted by molar-refractivity contribution is -0.139. The first kappa shape index (κ1) is 32.5. The molecule has 220 valence electrons. The highest BCUT2D eigenvalue weighted by atomic mass is 35.5. The zero-order valence-corrected chi connectivity index (χ0v) is 26.2. The van der Waals surface area contributed by atoms with Crippen molar-refractivity contribution in [2.24, 2.45) is 5.92 Å². The van der Waals surface area contributed by atoms with Crippen molar-refractivity contribution < 1.29 is 22.7 Å². The van der Waals surface area contributed by atoms with Gasteiger partial charge in [-0.2, -0.15) is 0 Å². The van der Waals surface area contributed by atoms with E-state index in [0.29, 0.717) is 22.9 Å². The van der Waals surface area contributed by atoms with Crippen LogP contribution in [-0.2, 0) is 26.2 Å². The number of ether oxygens (including phenoxy) is 1. The predicted octanol–water partition coefficient (Wildman–Crippen LogP) is 6.04. The molecule has 3 aromatic carbocycles. The molecule has 1 unspecified atom stereocenters. The van der Waals surface area contributed by atoms with E-state index in [1.165, 1.54) is 42.3 Å². The van der Waals surface area contributed by atoms with Gasteiger partial charge < -0.3 is 15.0 Å². The molecule has 0 aliphatic carbocycles. The van der Waals surface area contributed by atoms with Crippen LogP contribution in [-0.4, -0.2) is 51.4 Å². The number of nitrogens with one attached hydrogen (secondary N) is 1. The molecular formula is C29H32Cl3N3O5S. The lowest BCUT2D eigenvalue weighted by Gasteiger charge is -2.32. The Bertz CT molecular complexity index is 1490. The van der Waals surface area contributed by atoms with Gasteiger partial charge >= 0.3 is 0 Å². The Morgan fingerprint density at radius 3 is 2.17 bits per heavy atom. The number of hydrogen-bond acceptors (Lipinski definition) is 5. The number of benzene rings is 3. The van der Waals surface area contributed by atoms with Gasteiger partial charge in [0.1, 0.15) is 18.3 Å². The highest BCUT2D eigenvalue weighted by Gasteiger charge is 2.33. The van der Waals surface area contributed by atoms with Gasteiger partial charge in [0.15, 0.2) is 0 Å². The van der Waals surface area contributed by atoms with Gasteiger partial charge in [0.05, 0.1) is 32.8 Å². The van der Waals surface area contributed by atoms with Crippen LogP contribution >= 0.6 is 34.8 Å². The third-order valence-corrected chi connectivity index (χ3v) is 9.04. The summed E-state index contributed by atoms with van der Waals surface area (Å²) < 4.78 is 33.9. The molecule has 0 saturated heterocycles. The first-order chi connectivity index (χ1) is 19.3. The van der Waals surface area contributed by atoms with Crippen molar-refractivity contribution in [3.05, 3.63) is 87.4 Å². The molecule has 0 radical (unpaired) electrons. The first-order valence-electron chi connectivity index (χ1n) is 12.8. The molecule has 0 bridgehead atoms. The van der Waals surface area contributed by atoms with Gasteiger partial charge in [0, 0.05) is 13.1 Å². The summed E-state index contributed by atoms with van der Waals surface area (Å²) in [5.41, 5.74) is 0.764. The van der Waals surface area contributed by atoms with Gasteiger partial charge in [-0.15, -0.1) is 0 Å². The lowest BCUT2D eigenvalue weighted by atomic mass is 10.1. The maximum absolute atomic E-state index is 14.0. The number of nitrogens with zero attached hydrogens (tertiary/aromatic N) is 2. The van der Waals surface area contributed by atoms with Crippen LogP contribution in [0.5, 0.6) is 5.75 Å². The highest BCUT2D eigenvalue weighted by Crippen LogP contribution is 2.32. The number of rotatable bonds is 12. The van der Waals surface area contributed by atoms with Crippen LogP contribution in [0.1, 0.15) is 26.3 Å². The smallest absolute Gasteiger partial charge is 0.264 e. The van der Waals surface area contributed by atoms with Crippen molar-refractivity contribution in [3.63, 3.8) is 0 Å². The topological polar surface area (TPSA) is 96.0 Å². The minimum Gasteiger partial charge on any atom is -0.495 e. The Balaban J connectivity index is 2.05. The third kappa shape index (κ3) is 8.29. The Labute approximate surface area is 256 Å². The summed E-state index contributed by atoms with van der Waals surface area (Å²) in [4.78, 5) is 28.4. The van der Waals surface area contributed by atoms with E-state index in [1.54, 1.807) is 43.3 Å². The SMILES string of the molecule is COc1ccc(N(CC(=O)N(Cc2ccc(Cl)c(Cl)c2)C(C)C(=O)NCC(C)C)S(=O)(=O)c2ccccc2)cc1Cl. The maximum atomic E-state index is 14.0. The average Bonchev–Trinajstić information content (AvgIpc) is 2.94. The zero-order valence-electron chi connectivity index (χ0n) is 23.1. The standard InChI is InChI=1S/C29H32Cl3N3O5S/c1-19(2)16-33-29(37)20(3)34(17-21-10-12-24(30)25(31)14-21)28(36)18-35(22-11-13-27(40-4)26(32)15-22)41(38,39)23-8-6-5-7-9-23/h5-15,19-20H,16-18H2,1-4H3,(H,33,37). The second-order valence-corrected chi connectivity index (χ2v) is 12.8. The quantitative estimate of drug-likeness (QED) is 0.261. The van der Waals surface area contributed by atoms with E-state index in [1.807, 2.05) is 13.8 Å². The van der Waals surface area contributed by atoms with Crippen LogP contribution in [0.15, 0.2) is 71.6 Å². The second kappa shape index (κ2) is 14.3. The largest absolute Gasteiger partial charge is 0.495 e. The van der Waals surface area contributed by atoms with Crippen LogP contribution in [0.4, 0.5) is 5.69 Å². The first-order valence-corrected chi connectivity index (χ1v) is 15.3. The van der Waals surface area contributed by atoms with Crippen molar-refractivity contribution in [2.75, 3.05) is 24.5 Å². The molecule has 0 aromatic heterocycles. The van der Waals surface area contributed by atoms with E-state index in [0.717, 1.165) is 4.31 Å². The van der Waals surface area contributed by atoms with Gasteiger partial charge in [0.25, 0.3) is 10.0 Å². The molecule has 1 atom stereocenters. The van der Waals surface area contributed by atoms with Crippen molar-refractivity contribution in [3.8, 4) is 5.75 Å². The molecule has 0 heterocycles. The fourth-order valence-electron chi connectivity index (χ4n) is 3.93. The summed E-state index contributed by atoms with van der Waals surface area (Å²) in [6.45, 7) is 5.28. The summed E-state index contributed by atoms with van der Waals surface area (Å²) in [6.07, 6.45) is 0. The van der Waals surface area contributed by atoms with E-state index in [2.05, 4.69) is 5.32 Å². The van der Waals surface area contributed by atoms with Crippen LogP contribution < -0.4 is 14.4 Å². The number of carbonyl (C=O) groups excluding carboxylic acids is 2. The molecule has 0 aliphatic heterocycles. The molecule has 1 N–H and O–H groups in total. The fraction of sp³-hybridized carbons (Fsp3) is 0.310. The minimum absolute atomic E-state index is 0.0153. The Morgan fingerprint density at radius 2 is 1.59 bits per heavy atom. The number of methoxy groups -OCH3 is 1. The number of amides is 2. The summed E-state index contributed by atoms with van der Waals surface area (Å²) in [6, 6.07) is 16.1. The monoisotopic (exact) mass is 639 g/mol. The molecule has 0 spiro atoms. The summed E-state index contributed by atoms with van der Waals surface area (Å²) >= 11 is 18.6. The zero-order chi connectivity index (χ0) is 30.3. The number of halogens is 3. The lowest BCUT2D eigenvalue weighted by Crippen LogP contribution is -2.51. The molecule has 3 aromatic rings. The third-order valence-electron chi connectivity index (χ3n) is 6.22. The molecule has 0 saturated carbocycles. The Kier molecular flexibility index (Phi) is 11.3. The van der Waals surface area contributed by atoms with Crippen LogP contribution in [0, 0.1) is 5.92 Å².